The molecule has 1 aromatic heterocycles. The molecule has 1 saturated heterocycles. The SMILES string of the molecule is CCNC(=NCCN1CCS(=O)(=O)CC1)NCCc1ccccn1. The second kappa shape index (κ2) is 9.58. The zero-order valence-electron chi connectivity index (χ0n) is 14.2. The van der Waals surface area contributed by atoms with E-state index in [1.165, 1.54) is 0 Å². The average molecular weight is 353 g/mol. The van der Waals surface area contributed by atoms with Crippen LogP contribution in [0, 0.1) is 0 Å². The molecule has 1 aromatic rings. The molecule has 2 rings (SSSR count). The molecule has 134 valence electrons. The Morgan fingerprint density at radius 1 is 1.29 bits per heavy atom. The quantitative estimate of drug-likeness (QED) is 0.526. The lowest BCUT2D eigenvalue weighted by Gasteiger charge is -2.25. The maximum absolute atomic E-state index is 11.4. The highest BCUT2D eigenvalue weighted by Gasteiger charge is 2.20. The normalized spacial score (nSPS) is 18.3. The smallest absolute Gasteiger partial charge is 0.191 e. The third-order valence-electron chi connectivity index (χ3n) is 3.87. The summed E-state index contributed by atoms with van der Waals surface area (Å²) in [5, 5.41) is 6.53. The molecule has 0 saturated carbocycles. The van der Waals surface area contributed by atoms with E-state index in [1.807, 2.05) is 25.1 Å². The van der Waals surface area contributed by atoms with Gasteiger partial charge in [0.25, 0.3) is 0 Å². The average Bonchev–Trinajstić information content (AvgIpc) is 2.57. The molecule has 2 heterocycles. The van der Waals surface area contributed by atoms with Crippen LogP contribution in [0.5, 0.6) is 0 Å². The summed E-state index contributed by atoms with van der Waals surface area (Å²) in [6, 6.07) is 5.91. The lowest BCUT2D eigenvalue weighted by atomic mass is 10.3. The molecule has 1 fully saturated rings. The number of sulfone groups is 1. The Balaban J connectivity index is 1.72. The molecule has 1 aliphatic rings. The topological polar surface area (TPSA) is 86.7 Å². The second-order valence-electron chi connectivity index (χ2n) is 5.75. The minimum Gasteiger partial charge on any atom is -0.357 e. The molecule has 0 bridgehead atoms. The van der Waals surface area contributed by atoms with Crippen molar-refractivity contribution >= 4 is 15.8 Å². The van der Waals surface area contributed by atoms with Gasteiger partial charge in [0, 0.05) is 51.0 Å². The first-order valence-corrected chi connectivity index (χ1v) is 10.3. The summed E-state index contributed by atoms with van der Waals surface area (Å²) in [6.07, 6.45) is 2.64. The minimum atomic E-state index is -2.81. The molecule has 0 aromatic carbocycles. The van der Waals surface area contributed by atoms with Crippen molar-refractivity contribution in [2.45, 2.75) is 13.3 Å². The van der Waals surface area contributed by atoms with E-state index in [9.17, 15) is 8.42 Å². The van der Waals surface area contributed by atoms with Crippen molar-refractivity contribution in [2.24, 2.45) is 4.99 Å². The molecule has 1 aliphatic heterocycles. The largest absolute Gasteiger partial charge is 0.357 e. The van der Waals surface area contributed by atoms with Crippen molar-refractivity contribution in [3.63, 3.8) is 0 Å². The number of nitrogens with zero attached hydrogens (tertiary/aromatic N) is 3. The Kier molecular flexibility index (Phi) is 7.45. The summed E-state index contributed by atoms with van der Waals surface area (Å²) >= 11 is 0. The third kappa shape index (κ3) is 6.84. The predicted molar refractivity (Wildman–Crippen MR) is 97.0 cm³/mol. The van der Waals surface area contributed by atoms with Crippen LogP contribution in [-0.2, 0) is 16.3 Å². The van der Waals surface area contributed by atoms with Gasteiger partial charge in [0.1, 0.15) is 0 Å². The molecular weight excluding hydrogens is 326 g/mol. The van der Waals surface area contributed by atoms with E-state index in [-0.39, 0.29) is 11.5 Å². The molecule has 0 unspecified atom stereocenters. The molecule has 7 nitrogen and oxygen atoms in total. The van der Waals surface area contributed by atoms with Gasteiger partial charge < -0.3 is 10.6 Å². The van der Waals surface area contributed by atoms with E-state index in [2.05, 4.69) is 25.5 Å². The van der Waals surface area contributed by atoms with Crippen LogP contribution < -0.4 is 10.6 Å². The fraction of sp³-hybridized carbons (Fsp3) is 0.625. The Morgan fingerprint density at radius 2 is 2.08 bits per heavy atom. The fourth-order valence-electron chi connectivity index (χ4n) is 2.47. The van der Waals surface area contributed by atoms with Crippen LogP contribution >= 0.6 is 0 Å². The Bertz CT molecular complexity index is 605. The van der Waals surface area contributed by atoms with Gasteiger partial charge >= 0.3 is 0 Å². The third-order valence-corrected chi connectivity index (χ3v) is 5.48. The molecule has 8 heteroatoms. The summed E-state index contributed by atoms with van der Waals surface area (Å²) in [6.45, 7) is 6.27. The summed E-state index contributed by atoms with van der Waals surface area (Å²) in [5.74, 6) is 1.32. The maximum Gasteiger partial charge on any atom is 0.191 e. The van der Waals surface area contributed by atoms with Gasteiger partial charge in [0.2, 0.25) is 0 Å². The number of guanidine groups is 1. The molecule has 24 heavy (non-hydrogen) atoms. The van der Waals surface area contributed by atoms with Crippen LogP contribution in [0.3, 0.4) is 0 Å². The van der Waals surface area contributed by atoms with Crippen molar-refractivity contribution in [3.05, 3.63) is 30.1 Å². The van der Waals surface area contributed by atoms with Crippen molar-refractivity contribution in [2.75, 3.05) is 50.8 Å². The van der Waals surface area contributed by atoms with Crippen LogP contribution in [0.15, 0.2) is 29.4 Å². The molecule has 0 aliphatic carbocycles. The summed E-state index contributed by atoms with van der Waals surface area (Å²) in [4.78, 5) is 11.0. The van der Waals surface area contributed by atoms with Crippen LogP contribution in [0.2, 0.25) is 0 Å². The van der Waals surface area contributed by atoms with Gasteiger partial charge in [-0.05, 0) is 19.1 Å². The van der Waals surface area contributed by atoms with Crippen LogP contribution in [-0.4, -0.2) is 75.0 Å². The van der Waals surface area contributed by atoms with E-state index in [1.54, 1.807) is 6.20 Å². The van der Waals surface area contributed by atoms with E-state index >= 15 is 0 Å². The highest BCUT2D eigenvalue weighted by molar-refractivity contribution is 7.91. The van der Waals surface area contributed by atoms with E-state index in [4.69, 9.17) is 0 Å². The van der Waals surface area contributed by atoms with Gasteiger partial charge in [0.05, 0.1) is 18.1 Å². The first kappa shape index (κ1) is 18.7. The fourth-order valence-corrected chi connectivity index (χ4v) is 3.75. The standard InChI is InChI=1S/C16H27N5O2S/c1-2-17-16(19-8-6-15-5-3-4-7-18-15)20-9-10-21-11-13-24(22,23)14-12-21/h3-5,7H,2,6,8-14H2,1H3,(H2,17,19,20). The van der Waals surface area contributed by atoms with Gasteiger partial charge in [-0.3, -0.25) is 14.9 Å². The Morgan fingerprint density at radius 3 is 2.75 bits per heavy atom. The van der Waals surface area contributed by atoms with Gasteiger partial charge in [-0.1, -0.05) is 6.07 Å². The maximum atomic E-state index is 11.4. The van der Waals surface area contributed by atoms with Gasteiger partial charge in [0.15, 0.2) is 15.8 Å². The number of nitrogens with one attached hydrogen (secondary N) is 2. The van der Waals surface area contributed by atoms with E-state index in [0.717, 1.165) is 37.7 Å². The number of aromatic nitrogens is 1. The number of hydrogen-bond donors (Lipinski definition) is 2. The monoisotopic (exact) mass is 353 g/mol. The van der Waals surface area contributed by atoms with Crippen molar-refractivity contribution < 1.29 is 8.42 Å². The summed E-state index contributed by atoms with van der Waals surface area (Å²) < 4.78 is 22.8. The van der Waals surface area contributed by atoms with Crippen LogP contribution in [0.1, 0.15) is 12.6 Å². The predicted octanol–water partition coefficient (Wildman–Crippen LogP) is -0.0904. The molecule has 0 radical (unpaired) electrons. The van der Waals surface area contributed by atoms with E-state index < -0.39 is 9.84 Å². The Hall–Kier alpha value is -1.67. The van der Waals surface area contributed by atoms with Crippen LogP contribution in [0.4, 0.5) is 0 Å². The highest BCUT2D eigenvalue weighted by Crippen LogP contribution is 2.02. The summed E-state index contributed by atoms with van der Waals surface area (Å²) in [5.41, 5.74) is 1.05. The Labute approximate surface area is 144 Å². The number of hydrogen-bond acceptors (Lipinski definition) is 5. The number of rotatable bonds is 7. The minimum absolute atomic E-state index is 0.263. The van der Waals surface area contributed by atoms with Crippen LogP contribution in [0.25, 0.3) is 0 Å². The highest BCUT2D eigenvalue weighted by atomic mass is 32.2. The lowest BCUT2D eigenvalue weighted by Crippen LogP contribution is -2.42. The summed E-state index contributed by atoms with van der Waals surface area (Å²) in [7, 11) is -2.81. The second-order valence-corrected chi connectivity index (χ2v) is 8.06. The van der Waals surface area contributed by atoms with E-state index in [0.29, 0.717) is 19.6 Å². The lowest BCUT2D eigenvalue weighted by molar-refractivity contribution is 0.304. The van der Waals surface area contributed by atoms with Crippen molar-refractivity contribution in [3.8, 4) is 0 Å². The molecule has 0 atom stereocenters. The molecule has 0 spiro atoms. The zero-order valence-corrected chi connectivity index (χ0v) is 15.1. The molecule has 2 N–H and O–H groups in total. The zero-order chi connectivity index (χ0) is 17.3. The first-order chi connectivity index (χ1) is 11.6. The van der Waals surface area contributed by atoms with Crippen molar-refractivity contribution in [1.82, 2.24) is 20.5 Å². The van der Waals surface area contributed by atoms with Crippen molar-refractivity contribution in [1.29, 1.82) is 0 Å². The molecule has 0 amide bonds. The number of pyridine rings is 1. The van der Waals surface area contributed by atoms with Gasteiger partial charge in [-0.25, -0.2) is 8.42 Å². The van der Waals surface area contributed by atoms with Gasteiger partial charge in [-0.15, -0.1) is 0 Å². The first-order valence-electron chi connectivity index (χ1n) is 8.44. The molecular formula is C16H27N5O2S. The van der Waals surface area contributed by atoms with Gasteiger partial charge in [-0.2, -0.15) is 0 Å². The number of aliphatic imine (C=N–C) groups is 1.